The minimum absolute atomic E-state index is 0.0459. The Hall–Kier alpha value is -2.68. The number of fused-ring (bicyclic) bond motifs is 2. The summed E-state index contributed by atoms with van der Waals surface area (Å²) in [6, 6.07) is 17.3. The van der Waals surface area contributed by atoms with Crippen LogP contribution in [0.15, 0.2) is 59.4 Å². The minimum Gasteiger partial charge on any atom is -0.465 e. The Labute approximate surface area is 134 Å². The van der Waals surface area contributed by atoms with E-state index in [2.05, 4.69) is 0 Å². The zero-order valence-electron chi connectivity index (χ0n) is 13.0. The molecule has 0 aromatic heterocycles. The van der Waals surface area contributed by atoms with Gasteiger partial charge in [0.15, 0.2) is 5.43 Å². The molecule has 0 bridgehead atoms. The Morgan fingerprint density at radius 2 is 1.70 bits per heavy atom. The standard InChI is InChI=1S/C20H18O3/c1-2-19(21)23-12-11-14-7-10-18-16(13-14)9-8-15-5-3-4-6-17(15)20(18)22/h3-10,13H,2,11-12H2,1H3. The van der Waals surface area contributed by atoms with E-state index in [1.165, 1.54) is 0 Å². The largest absolute Gasteiger partial charge is 0.465 e. The van der Waals surface area contributed by atoms with Gasteiger partial charge in [0.25, 0.3) is 0 Å². The third-order valence-corrected chi connectivity index (χ3v) is 3.95. The average molecular weight is 306 g/mol. The van der Waals surface area contributed by atoms with Crippen molar-refractivity contribution in [3.05, 3.63) is 70.4 Å². The molecule has 0 saturated heterocycles. The first-order valence-electron chi connectivity index (χ1n) is 7.79. The van der Waals surface area contributed by atoms with E-state index in [4.69, 9.17) is 4.74 Å². The molecule has 0 atom stereocenters. The highest BCUT2D eigenvalue weighted by Crippen LogP contribution is 2.17. The van der Waals surface area contributed by atoms with Crippen LogP contribution in [0.4, 0.5) is 0 Å². The monoisotopic (exact) mass is 306 g/mol. The molecule has 0 N–H and O–H groups in total. The first kappa shape index (κ1) is 15.2. The van der Waals surface area contributed by atoms with E-state index in [1.807, 2.05) is 54.6 Å². The molecule has 0 aliphatic carbocycles. The normalized spacial score (nSPS) is 10.8. The van der Waals surface area contributed by atoms with Crippen molar-refractivity contribution >= 4 is 27.5 Å². The van der Waals surface area contributed by atoms with E-state index >= 15 is 0 Å². The minimum atomic E-state index is -0.190. The molecule has 3 rings (SSSR count). The highest BCUT2D eigenvalue weighted by Gasteiger charge is 2.04. The highest BCUT2D eigenvalue weighted by atomic mass is 16.5. The van der Waals surface area contributed by atoms with Gasteiger partial charge in [-0.25, -0.2) is 0 Å². The third kappa shape index (κ3) is 3.24. The van der Waals surface area contributed by atoms with Gasteiger partial charge >= 0.3 is 5.97 Å². The van der Waals surface area contributed by atoms with E-state index in [1.54, 1.807) is 6.92 Å². The Kier molecular flexibility index (Phi) is 4.38. The fraction of sp³-hybridized carbons (Fsp3) is 0.200. The van der Waals surface area contributed by atoms with Crippen LogP contribution in [0.5, 0.6) is 0 Å². The SMILES string of the molecule is CCC(=O)OCCc1ccc2c(=O)c3ccccc3ccc2c1. The number of ether oxygens (including phenoxy) is 1. The number of hydrogen-bond donors (Lipinski definition) is 0. The Balaban J connectivity index is 1.99. The first-order valence-corrected chi connectivity index (χ1v) is 7.79. The second kappa shape index (κ2) is 6.61. The number of carbonyl (C=O) groups excluding carboxylic acids is 1. The van der Waals surface area contributed by atoms with E-state index in [0.29, 0.717) is 24.8 Å². The second-order valence-corrected chi connectivity index (χ2v) is 5.50. The molecule has 0 aliphatic heterocycles. The predicted molar refractivity (Wildman–Crippen MR) is 92.7 cm³/mol. The number of carbonyl (C=O) groups is 1. The highest BCUT2D eigenvalue weighted by molar-refractivity contribution is 5.93. The molecule has 0 unspecified atom stereocenters. The van der Waals surface area contributed by atoms with Crippen LogP contribution in [0, 0.1) is 0 Å². The predicted octanol–water partition coefficient (Wildman–Crippen LogP) is 3.85. The van der Waals surface area contributed by atoms with Crippen molar-refractivity contribution in [3.63, 3.8) is 0 Å². The van der Waals surface area contributed by atoms with Gasteiger partial charge in [-0.15, -0.1) is 0 Å². The van der Waals surface area contributed by atoms with Crippen LogP contribution in [0.2, 0.25) is 0 Å². The molecule has 3 nitrogen and oxygen atoms in total. The topological polar surface area (TPSA) is 43.4 Å². The number of esters is 1. The summed E-state index contributed by atoms with van der Waals surface area (Å²) in [5.41, 5.74) is 1.10. The third-order valence-electron chi connectivity index (χ3n) is 3.95. The quantitative estimate of drug-likeness (QED) is 0.688. The van der Waals surface area contributed by atoms with Gasteiger partial charge in [0, 0.05) is 23.6 Å². The Bertz CT molecular complexity index is 929. The smallest absolute Gasteiger partial charge is 0.305 e. The van der Waals surface area contributed by atoms with Crippen LogP contribution in [0.3, 0.4) is 0 Å². The van der Waals surface area contributed by atoms with E-state index < -0.39 is 0 Å². The van der Waals surface area contributed by atoms with Gasteiger partial charge in [-0.2, -0.15) is 0 Å². The van der Waals surface area contributed by atoms with Gasteiger partial charge in [-0.05, 0) is 16.3 Å². The van der Waals surface area contributed by atoms with Gasteiger partial charge in [-0.3, -0.25) is 9.59 Å². The van der Waals surface area contributed by atoms with Crippen molar-refractivity contribution in [3.8, 4) is 0 Å². The molecule has 0 aliphatic rings. The molecule has 3 aromatic carbocycles. The second-order valence-electron chi connectivity index (χ2n) is 5.50. The van der Waals surface area contributed by atoms with E-state index in [0.717, 1.165) is 21.7 Å². The number of benzene rings is 2. The Morgan fingerprint density at radius 3 is 2.52 bits per heavy atom. The zero-order valence-corrected chi connectivity index (χ0v) is 13.0. The number of rotatable bonds is 4. The molecule has 23 heavy (non-hydrogen) atoms. The summed E-state index contributed by atoms with van der Waals surface area (Å²) in [4.78, 5) is 23.8. The van der Waals surface area contributed by atoms with Gasteiger partial charge < -0.3 is 4.74 Å². The van der Waals surface area contributed by atoms with Crippen LogP contribution in [0.1, 0.15) is 18.9 Å². The average Bonchev–Trinajstić information content (AvgIpc) is 2.72. The van der Waals surface area contributed by atoms with Crippen molar-refractivity contribution in [1.82, 2.24) is 0 Å². The molecule has 3 aromatic rings. The molecule has 0 saturated carbocycles. The lowest BCUT2D eigenvalue weighted by Crippen LogP contribution is -2.06. The van der Waals surface area contributed by atoms with Crippen LogP contribution in [0.25, 0.3) is 21.5 Å². The molecule has 0 spiro atoms. The molecule has 0 amide bonds. The van der Waals surface area contributed by atoms with Crippen LogP contribution in [-0.2, 0) is 16.0 Å². The van der Waals surface area contributed by atoms with Crippen LogP contribution < -0.4 is 5.43 Å². The zero-order chi connectivity index (χ0) is 16.2. The lowest BCUT2D eigenvalue weighted by atomic mass is 10.1. The molecule has 0 fully saturated rings. The molecular formula is C20H18O3. The van der Waals surface area contributed by atoms with Crippen molar-refractivity contribution in [2.24, 2.45) is 0 Å². The summed E-state index contributed by atoms with van der Waals surface area (Å²) in [5.74, 6) is -0.190. The fourth-order valence-electron chi connectivity index (χ4n) is 2.67. The van der Waals surface area contributed by atoms with E-state index in [9.17, 15) is 9.59 Å². The van der Waals surface area contributed by atoms with Gasteiger partial charge in [0.05, 0.1) is 6.61 Å². The van der Waals surface area contributed by atoms with Crippen molar-refractivity contribution in [2.75, 3.05) is 6.61 Å². The first-order chi connectivity index (χ1) is 11.2. The molecule has 116 valence electrons. The van der Waals surface area contributed by atoms with Crippen LogP contribution >= 0.6 is 0 Å². The summed E-state index contributed by atoms with van der Waals surface area (Å²) >= 11 is 0. The number of hydrogen-bond acceptors (Lipinski definition) is 3. The lowest BCUT2D eigenvalue weighted by molar-refractivity contribution is -0.143. The maximum absolute atomic E-state index is 12.7. The van der Waals surface area contributed by atoms with Crippen molar-refractivity contribution in [1.29, 1.82) is 0 Å². The lowest BCUT2D eigenvalue weighted by Gasteiger charge is -2.04. The summed E-state index contributed by atoms with van der Waals surface area (Å²) in [7, 11) is 0. The Morgan fingerprint density at radius 1 is 0.957 bits per heavy atom. The van der Waals surface area contributed by atoms with Crippen LogP contribution in [-0.4, -0.2) is 12.6 Å². The van der Waals surface area contributed by atoms with Crippen molar-refractivity contribution in [2.45, 2.75) is 19.8 Å². The molecule has 3 heteroatoms. The van der Waals surface area contributed by atoms with E-state index in [-0.39, 0.29) is 11.4 Å². The summed E-state index contributed by atoms with van der Waals surface area (Å²) < 4.78 is 5.11. The summed E-state index contributed by atoms with van der Waals surface area (Å²) in [6.45, 7) is 2.14. The van der Waals surface area contributed by atoms with Crippen molar-refractivity contribution < 1.29 is 9.53 Å². The maximum Gasteiger partial charge on any atom is 0.305 e. The van der Waals surface area contributed by atoms with Gasteiger partial charge in [0.2, 0.25) is 0 Å². The van der Waals surface area contributed by atoms with Gasteiger partial charge in [-0.1, -0.05) is 61.5 Å². The molecule has 0 radical (unpaired) electrons. The summed E-state index contributed by atoms with van der Waals surface area (Å²) in [6.07, 6.45) is 1.04. The summed E-state index contributed by atoms with van der Waals surface area (Å²) in [5, 5.41) is 3.28. The van der Waals surface area contributed by atoms with Gasteiger partial charge in [0.1, 0.15) is 0 Å². The maximum atomic E-state index is 12.7. The molecular weight excluding hydrogens is 288 g/mol. The fourth-order valence-corrected chi connectivity index (χ4v) is 2.67. The molecule has 0 heterocycles.